The molecule has 0 unspecified atom stereocenters. The molecule has 2 aromatic carbocycles. The summed E-state index contributed by atoms with van der Waals surface area (Å²) in [6.45, 7) is 5.93. The lowest BCUT2D eigenvalue weighted by Crippen LogP contribution is -2.47. The molecular formula is C30H35FN8O2. The maximum absolute atomic E-state index is 13.2. The highest BCUT2D eigenvalue weighted by Gasteiger charge is 2.23. The van der Waals surface area contributed by atoms with Crippen molar-refractivity contribution in [3.8, 4) is 11.5 Å². The minimum absolute atomic E-state index is 0.271. The Labute approximate surface area is 239 Å². The standard InChI is InChI=1S/C30H35FN8O2/c1-37-9-7-21(8-10-37)19-41-28-15-25-26(16-27(28)40-2)34-20-35-29(25)38-11-13-39(14-12-38)30-32-17-24(18-33-30)36-23-5-3-22(31)4-6-23/h3-6,15-18,20-21,36H,7-14,19H2,1-2H3. The van der Waals surface area contributed by atoms with Crippen molar-refractivity contribution in [2.45, 2.75) is 12.8 Å². The molecule has 2 aliphatic heterocycles. The van der Waals surface area contributed by atoms with Gasteiger partial charge in [0.2, 0.25) is 5.95 Å². The third-order valence-electron chi connectivity index (χ3n) is 7.85. The summed E-state index contributed by atoms with van der Waals surface area (Å²) in [7, 11) is 3.83. The fraction of sp³-hybridized carbons (Fsp3) is 0.400. The topological polar surface area (TPSA) is 91.8 Å². The number of hydrogen-bond acceptors (Lipinski definition) is 10. The highest BCUT2D eigenvalue weighted by molar-refractivity contribution is 5.92. The molecule has 2 saturated heterocycles. The molecule has 2 aromatic heterocycles. The zero-order valence-corrected chi connectivity index (χ0v) is 23.5. The number of methoxy groups -OCH3 is 1. The smallest absolute Gasteiger partial charge is 0.225 e. The van der Waals surface area contributed by atoms with Crippen LogP contribution in [0.5, 0.6) is 11.5 Å². The fourth-order valence-electron chi connectivity index (χ4n) is 5.38. The van der Waals surface area contributed by atoms with E-state index in [2.05, 4.69) is 47.0 Å². The molecule has 0 bridgehead atoms. The molecule has 11 heteroatoms. The predicted octanol–water partition coefficient (Wildman–Crippen LogP) is 4.36. The number of likely N-dealkylation sites (tertiary alicyclic amines) is 1. The number of nitrogens with zero attached hydrogens (tertiary/aromatic N) is 7. The Morgan fingerprint density at radius 3 is 2.27 bits per heavy atom. The molecule has 6 rings (SSSR count). The van der Waals surface area contributed by atoms with Crippen LogP contribution in [-0.4, -0.2) is 84.9 Å². The van der Waals surface area contributed by atoms with Crippen LogP contribution in [0.4, 0.5) is 27.5 Å². The van der Waals surface area contributed by atoms with E-state index in [-0.39, 0.29) is 5.82 Å². The van der Waals surface area contributed by atoms with Crippen molar-refractivity contribution in [3.05, 3.63) is 60.9 Å². The summed E-state index contributed by atoms with van der Waals surface area (Å²) in [5.74, 6) is 3.26. The van der Waals surface area contributed by atoms with Crippen molar-refractivity contribution in [2.24, 2.45) is 5.92 Å². The lowest BCUT2D eigenvalue weighted by molar-refractivity contribution is 0.157. The average Bonchev–Trinajstić information content (AvgIpc) is 3.01. The molecule has 0 aliphatic carbocycles. The summed E-state index contributed by atoms with van der Waals surface area (Å²) in [6.07, 6.45) is 7.38. The quantitative estimate of drug-likeness (QED) is 0.336. The molecule has 2 aliphatic rings. The van der Waals surface area contributed by atoms with E-state index in [1.807, 2.05) is 12.1 Å². The first-order valence-corrected chi connectivity index (χ1v) is 14.0. The van der Waals surface area contributed by atoms with Gasteiger partial charge in [-0.05, 0) is 69.2 Å². The summed E-state index contributed by atoms with van der Waals surface area (Å²) in [5.41, 5.74) is 2.35. The summed E-state index contributed by atoms with van der Waals surface area (Å²) < 4.78 is 25.1. The normalized spacial score (nSPS) is 16.7. The molecule has 0 saturated carbocycles. The van der Waals surface area contributed by atoms with Gasteiger partial charge in [-0.2, -0.15) is 0 Å². The minimum Gasteiger partial charge on any atom is -0.493 e. The van der Waals surface area contributed by atoms with Gasteiger partial charge in [0, 0.05) is 43.3 Å². The Balaban J connectivity index is 1.12. The molecule has 4 aromatic rings. The van der Waals surface area contributed by atoms with Crippen LogP contribution < -0.4 is 24.6 Å². The largest absolute Gasteiger partial charge is 0.493 e. The van der Waals surface area contributed by atoms with E-state index in [0.717, 1.165) is 86.0 Å². The number of piperazine rings is 1. The lowest BCUT2D eigenvalue weighted by atomic mass is 9.98. The number of aromatic nitrogens is 4. The van der Waals surface area contributed by atoms with E-state index in [0.29, 0.717) is 24.2 Å². The van der Waals surface area contributed by atoms with Crippen molar-refractivity contribution < 1.29 is 13.9 Å². The Hall–Kier alpha value is -4.25. The molecule has 0 amide bonds. The van der Waals surface area contributed by atoms with Crippen LogP contribution in [0.15, 0.2) is 55.1 Å². The number of benzene rings is 2. The zero-order chi connectivity index (χ0) is 28.2. The summed E-state index contributed by atoms with van der Waals surface area (Å²) in [5, 5.41) is 4.15. The van der Waals surface area contributed by atoms with Crippen LogP contribution in [0.2, 0.25) is 0 Å². The van der Waals surface area contributed by atoms with Gasteiger partial charge in [-0.25, -0.2) is 24.3 Å². The van der Waals surface area contributed by atoms with Crippen LogP contribution in [0.25, 0.3) is 10.9 Å². The second kappa shape index (κ2) is 12.1. The number of ether oxygens (including phenoxy) is 2. The Bertz CT molecular complexity index is 1450. The van der Waals surface area contributed by atoms with Crippen LogP contribution >= 0.6 is 0 Å². The number of anilines is 4. The Morgan fingerprint density at radius 2 is 1.56 bits per heavy atom. The molecule has 214 valence electrons. The summed E-state index contributed by atoms with van der Waals surface area (Å²) >= 11 is 0. The first-order chi connectivity index (χ1) is 20.1. The van der Waals surface area contributed by atoms with E-state index >= 15 is 0 Å². The third-order valence-corrected chi connectivity index (χ3v) is 7.85. The highest BCUT2D eigenvalue weighted by Crippen LogP contribution is 2.36. The first-order valence-electron chi connectivity index (χ1n) is 14.0. The molecule has 0 spiro atoms. The predicted molar refractivity (Wildman–Crippen MR) is 158 cm³/mol. The van der Waals surface area contributed by atoms with Crippen molar-refractivity contribution >= 4 is 34.0 Å². The Morgan fingerprint density at radius 1 is 0.854 bits per heavy atom. The van der Waals surface area contributed by atoms with Crippen molar-refractivity contribution in [1.82, 2.24) is 24.8 Å². The molecule has 0 radical (unpaired) electrons. The van der Waals surface area contributed by atoms with Gasteiger partial charge in [0.15, 0.2) is 11.5 Å². The van der Waals surface area contributed by atoms with E-state index in [4.69, 9.17) is 9.47 Å². The van der Waals surface area contributed by atoms with E-state index in [9.17, 15) is 4.39 Å². The van der Waals surface area contributed by atoms with Gasteiger partial charge in [0.05, 0.1) is 37.3 Å². The molecular weight excluding hydrogens is 523 g/mol. The third kappa shape index (κ3) is 6.25. The van der Waals surface area contributed by atoms with Crippen molar-refractivity contribution in [1.29, 1.82) is 0 Å². The number of fused-ring (bicyclic) bond motifs is 1. The van der Waals surface area contributed by atoms with E-state index < -0.39 is 0 Å². The van der Waals surface area contributed by atoms with Crippen LogP contribution in [0.1, 0.15) is 12.8 Å². The SMILES string of the molecule is COc1cc2ncnc(N3CCN(c4ncc(Nc5ccc(F)cc5)cn4)CC3)c2cc1OCC1CCN(C)CC1. The molecule has 41 heavy (non-hydrogen) atoms. The average molecular weight is 559 g/mol. The number of halogens is 1. The molecule has 0 atom stereocenters. The van der Waals surface area contributed by atoms with Gasteiger partial charge in [-0.3, -0.25) is 0 Å². The van der Waals surface area contributed by atoms with Crippen molar-refractivity contribution in [2.75, 3.05) is 75.1 Å². The molecule has 10 nitrogen and oxygen atoms in total. The van der Waals surface area contributed by atoms with Gasteiger partial charge < -0.3 is 29.5 Å². The van der Waals surface area contributed by atoms with Gasteiger partial charge in [-0.1, -0.05) is 0 Å². The second-order valence-electron chi connectivity index (χ2n) is 10.7. The fourth-order valence-corrected chi connectivity index (χ4v) is 5.38. The lowest BCUT2D eigenvalue weighted by Gasteiger charge is -2.35. The van der Waals surface area contributed by atoms with Crippen LogP contribution in [0, 0.1) is 11.7 Å². The first kappa shape index (κ1) is 26.9. The second-order valence-corrected chi connectivity index (χ2v) is 10.7. The monoisotopic (exact) mass is 558 g/mol. The van der Waals surface area contributed by atoms with Gasteiger partial charge in [0.1, 0.15) is 18.0 Å². The maximum Gasteiger partial charge on any atom is 0.225 e. The zero-order valence-electron chi connectivity index (χ0n) is 23.5. The maximum atomic E-state index is 13.2. The number of nitrogens with one attached hydrogen (secondary N) is 1. The van der Waals surface area contributed by atoms with Gasteiger partial charge in [-0.15, -0.1) is 0 Å². The van der Waals surface area contributed by atoms with Gasteiger partial charge >= 0.3 is 0 Å². The minimum atomic E-state index is -0.271. The van der Waals surface area contributed by atoms with Gasteiger partial charge in [0.25, 0.3) is 0 Å². The Kier molecular flexibility index (Phi) is 7.95. The summed E-state index contributed by atoms with van der Waals surface area (Å²) in [4.78, 5) is 25.1. The van der Waals surface area contributed by atoms with Crippen LogP contribution in [0.3, 0.4) is 0 Å². The highest BCUT2D eigenvalue weighted by atomic mass is 19.1. The van der Waals surface area contributed by atoms with E-state index in [1.165, 1.54) is 12.1 Å². The van der Waals surface area contributed by atoms with E-state index in [1.54, 1.807) is 38.0 Å². The van der Waals surface area contributed by atoms with Crippen molar-refractivity contribution in [3.63, 3.8) is 0 Å². The summed E-state index contributed by atoms with van der Waals surface area (Å²) in [6, 6.07) is 10.2. The molecule has 1 N–H and O–H groups in total. The number of hydrogen-bond donors (Lipinski definition) is 1. The number of piperidine rings is 1. The molecule has 4 heterocycles. The number of rotatable bonds is 8. The molecule has 2 fully saturated rings. The van der Waals surface area contributed by atoms with Crippen LogP contribution in [-0.2, 0) is 0 Å².